The molecule has 1 heterocycles. The van der Waals surface area contributed by atoms with E-state index in [2.05, 4.69) is 19.1 Å². The van der Waals surface area contributed by atoms with E-state index in [9.17, 15) is 5.11 Å². The van der Waals surface area contributed by atoms with Gasteiger partial charge in [0.2, 0.25) is 0 Å². The van der Waals surface area contributed by atoms with Crippen molar-refractivity contribution in [2.45, 2.75) is 13.3 Å². The van der Waals surface area contributed by atoms with Gasteiger partial charge in [-0.25, -0.2) is 4.99 Å². The number of hydrogen-bond acceptors (Lipinski definition) is 3. The molecule has 0 saturated heterocycles. The molecule has 0 saturated carbocycles. The van der Waals surface area contributed by atoms with E-state index < -0.39 is 0 Å². The van der Waals surface area contributed by atoms with Gasteiger partial charge in [0, 0.05) is 23.1 Å². The Hall–Kier alpha value is -3.33. The molecule has 0 fully saturated rings. The number of fused-ring (bicyclic) bond motifs is 1. The summed E-state index contributed by atoms with van der Waals surface area (Å²) < 4.78 is 6.14. The second-order valence-corrected chi connectivity index (χ2v) is 6.18. The van der Waals surface area contributed by atoms with Crippen molar-refractivity contribution in [1.29, 1.82) is 0 Å². The van der Waals surface area contributed by atoms with Crippen LogP contribution in [0.3, 0.4) is 0 Å². The second kappa shape index (κ2) is 6.89. The first-order valence-corrected chi connectivity index (χ1v) is 8.69. The van der Waals surface area contributed by atoms with Crippen molar-refractivity contribution < 1.29 is 9.52 Å². The van der Waals surface area contributed by atoms with Crippen LogP contribution >= 0.6 is 0 Å². The summed E-state index contributed by atoms with van der Waals surface area (Å²) >= 11 is 0. The van der Waals surface area contributed by atoms with Crippen LogP contribution < -0.4 is 5.36 Å². The van der Waals surface area contributed by atoms with E-state index in [0.29, 0.717) is 5.69 Å². The van der Waals surface area contributed by atoms with E-state index in [1.54, 1.807) is 18.2 Å². The molecule has 0 amide bonds. The molecule has 4 aromatic rings. The lowest BCUT2D eigenvalue weighted by atomic mass is 10.1. The second-order valence-electron chi connectivity index (χ2n) is 6.18. The first-order valence-electron chi connectivity index (χ1n) is 8.69. The Morgan fingerprint density at radius 2 is 1.73 bits per heavy atom. The molecule has 4 rings (SSSR count). The summed E-state index contributed by atoms with van der Waals surface area (Å²) in [6, 6.07) is 25.1. The van der Waals surface area contributed by atoms with Crippen LogP contribution in [0.25, 0.3) is 22.3 Å². The van der Waals surface area contributed by atoms with Crippen LogP contribution in [0.2, 0.25) is 0 Å². The molecule has 1 N–H and O–H groups in total. The maximum absolute atomic E-state index is 9.74. The third-order valence-electron chi connectivity index (χ3n) is 4.35. The third kappa shape index (κ3) is 3.24. The van der Waals surface area contributed by atoms with E-state index in [-0.39, 0.29) is 5.75 Å². The van der Waals surface area contributed by atoms with E-state index in [4.69, 9.17) is 9.41 Å². The fourth-order valence-electron chi connectivity index (χ4n) is 2.97. The van der Waals surface area contributed by atoms with Crippen LogP contribution in [0.5, 0.6) is 5.75 Å². The van der Waals surface area contributed by atoms with Crippen molar-refractivity contribution in [2.75, 3.05) is 0 Å². The fourth-order valence-corrected chi connectivity index (χ4v) is 2.97. The number of aromatic hydroxyl groups is 1. The zero-order valence-corrected chi connectivity index (χ0v) is 14.5. The maximum Gasteiger partial charge on any atom is 0.136 e. The summed E-state index contributed by atoms with van der Waals surface area (Å²) in [5.41, 5.74) is 3.73. The molecule has 0 spiro atoms. The molecule has 0 unspecified atom stereocenters. The van der Waals surface area contributed by atoms with Crippen molar-refractivity contribution in [3.05, 3.63) is 89.8 Å². The Morgan fingerprint density at radius 1 is 0.885 bits per heavy atom. The van der Waals surface area contributed by atoms with Gasteiger partial charge in [-0.1, -0.05) is 49.4 Å². The lowest BCUT2D eigenvalue weighted by molar-refractivity contribution is 0.475. The molecule has 0 bridgehead atoms. The number of nitrogens with zero attached hydrogens (tertiary/aromatic N) is 1. The van der Waals surface area contributed by atoms with E-state index in [0.717, 1.165) is 34.1 Å². The molecule has 0 aliphatic rings. The van der Waals surface area contributed by atoms with Gasteiger partial charge in [0.1, 0.15) is 17.1 Å². The predicted molar refractivity (Wildman–Crippen MR) is 104 cm³/mol. The van der Waals surface area contributed by atoms with Crippen molar-refractivity contribution in [2.24, 2.45) is 4.99 Å². The van der Waals surface area contributed by atoms with E-state index in [1.807, 2.05) is 48.5 Å². The normalized spacial score (nSPS) is 11.8. The minimum Gasteiger partial charge on any atom is -0.508 e. The Bertz CT molecular complexity index is 1130. The summed E-state index contributed by atoms with van der Waals surface area (Å²) in [5, 5.41) is 11.5. The standard InChI is InChI=1S/C23H19NO2/c1-2-16-11-12-22-20(13-16)21(24-18-9-6-10-19(25)14-18)15-23(26-22)17-7-4-3-5-8-17/h3-15,25H,2H2,1H3. The van der Waals surface area contributed by atoms with Gasteiger partial charge in [-0.3, -0.25) is 0 Å². The van der Waals surface area contributed by atoms with Crippen LogP contribution in [0.1, 0.15) is 12.5 Å². The van der Waals surface area contributed by atoms with Gasteiger partial charge in [-0.2, -0.15) is 0 Å². The summed E-state index contributed by atoms with van der Waals surface area (Å²) in [6.45, 7) is 2.13. The molecule has 1 aromatic heterocycles. The molecule has 0 radical (unpaired) electrons. The van der Waals surface area contributed by atoms with E-state index in [1.165, 1.54) is 5.56 Å². The molecule has 0 aliphatic carbocycles. The summed E-state index contributed by atoms with van der Waals surface area (Å²) in [6.07, 6.45) is 0.946. The highest BCUT2D eigenvalue weighted by atomic mass is 16.3. The van der Waals surface area contributed by atoms with Crippen molar-refractivity contribution >= 4 is 16.7 Å². The van der Waals surface area contributed by atoms with Crippen LogP contribution in [0, 0.1) is 0 Å². The molecule has 128 valence electrons. The molecule has 0 aliphatic heterocycles. The van der Waals surface area contributed by atoms with Crippen LogP contribution in [-0.2, 0) is 6.42 Å². The first kappa shape index (κ1) is 16.2. The molecule has 3 aromatic carbocycles. The van der Waals surface area contributed by atoms with Gasteiger partial charge < -0.3 is 9.52 Å². The van der Waals surface area contributed by atoms with Gasteiger partial charge in [0.25, 0.3) is 0 Å². The van der Waals surface area contributed by atoms with Crippen LogP contribution in [0.4, 0.5) is 5.69 Å². The van der Waals surface area contributed by atoms with Crippen molar-refractivity contribution in [3.8, 4) is 17.1 Å². The predicted octanol–water partition coefficient (Wildman–Crippen LogP) is 5.60. The van der Waals surface area contributed by atoms with Gasteiger partial charge in [0.15, 0.2) is 0 Å². The monoisotopic (exact) mass is 341 g/mol. The Morgan fingerprint density at radius 3 is 2.50 bits per heavy atom. The maximum atomic E-state index is 9.74. The van der Waals surface area contributed by atoms with Gasteiger partial charge in [-0.05, 0) is 36.2 Å². The number of benzene rings is 3. The molecule has 3 nitrogen and oxygen atoms in total. The number of aryl methyl sites for hydroxylation is 1. The lowest BCUT2D eigenvalue weighted by Crippen LogP contribution is -2.03. The Kier molecular flexibility index (Phi) is 4.28. The van der Waals surface area contributed by atoms with Gasteiger partial charge in [0.05, 0.1) is 11.0 Å². The molecular weight excluding hydrogens is 322 g/mol. The minimum atomic E-state index is 0.203. The zero-order chi connectivity index (χ0) is 17.9. The van der Waals surface area contributed by atoms with Gasteiger partial charge >= 0.3 is 0 Å². The molecule has 3 heteroatoms. The Labute approximate surface area is 151 Å². The average Bonchev–Trinajstić information content (AvgIpc) is 2.68. The number of hydrogen-bond donors (Lipinski definition) is 1. The largest absolute Gasteiger partial charge is 0.508 e. The van der Waals surface area contributed by atoms with E-state index >= 15 is 0 Å². The lowest BCUT2D eigenvalue weighted by Gasteiger charge is -2.06. The first-order chi connectivity index (χ1) is 12.7. The fraction of sp³-hybridized carbons (Fsp3) is 0.0870. The smallest absolute Gasteiger partial charge is 0.136 e. The van der Waals surface area contributed by atoms with Crippen molar-refractivity contribution in [3.63, 3.8) is 0 Å². The third-order valence-corrected chi connectivity index (χ3v) is 4.35. The minimum absolute atomic E-state index is 0.203. The quantitative estimate of drug-likeness (QED) is 0.527. The number of rotatable bonds is 3. The molecule has 0 atom stereocenters. The zero-order valence-electron chi connectivity index (χ0n) is 14.5. The number of phenolic OH excluding ortho intramolecular Hbond substituents is 1. The Balaban J connectivity index is 2.01. The average molecular weight is 341 g/mol. The number of phenols is 1. The van der Waals surface area contributed by atoms with Crippen LogP contribution in [-0.4, -0.2) is 5.11 Å². The molecular formula is C23H19NO2. The summed E-state index contributed by atoms with van der Waals surface area (Å²) in [5.74, 6) is 0.968. The van der Waals surface area contributed by atoms with Crippen molar-refractivity contribution in [1.82, 2.24) is 0 Å². The molecule has 26 heavy (non-hydrogen) atoms. The topological polar surface area (TPSA) is 45.7 Å². The van der Waals surface area contributed by atoms with Gasteiger partial charge in [-0.15, -0.1) is 0 Å². The highest BCUT2D eigenvalue weighted by Gasteiger charge is 2.07. The highest BCUT2D eigenvalue weighted by Crippen LogP contribution is 2.24. The summed E-state index contributed by atoms with van der Waals surface area (Å²) in [7, 11) is 0. The summed E-state index contributed by atoms with van der Waals surface area (Å²) in [4.78, 5) is 4.77. The SMILES string of the molecule is CCc1ccc2oc(-c3ccccc3)cc(=Nc3cccc(O)c3)c2c1. The van der Waals surface area contributed by atoms with Crippen LogP contribution in [0.15, 0.2) is 88.3 Å². The highest BCUT2D eigenvalue weighted by molar-refractivity contribution is 5.79.